The van der Waals surface area contributed by atoms with Crippen LogP contribution in [-0.2, 0) is 0 Å². The topological polar surface area (TPSA) is 33.6 Å². The van der Waals surface area contributed by atoms with Crippen LogP contribution in [0.1, 0.15) is 16.7 Å². The summed E-state index contributed by atoms with van der Waals surface area (Å²) >= 11 is 5.45. The van der Waals surface area contributed by atoms with E-state index >= 15 is 0 Å². The normalized spacial score (nSPS) is 11.1. The number of H-pyrrole nitrogens is 1. The number of fused-ring (bicyclic) bond motifs is 1. The maximum absolute atomic E-state index is 5.45. The second-order valence-corrected chi connectivity index (χ2v) is 5.32. The molecule has 0 saturated heterocycles. The van der Waals surface area contributed by atoms with Crippen molar-refractivity contribution in [2.45, 2.75) is 20.8 Å². The highest BCUT2D eigenvalue weighted by atomic mass is 32.1. The second-order valence-electron chi connectivity index (χ2n) is 4.94. The van der Waals surface area contributed by atoms with Crippen LogP contribution in [0.5, 0.6) is 0 Å². The molecule has 3 rings (SSSR count). The lowest BCUT2D eigenvalue weighted by atomic mass is 10.1. The van der Waals surface area contributed by atoms with Crippen LogP contribution < -0.4 is 0 Å². The van der Waals surface area contributed by atoms with E-state index in [1.807, 2.05) is 16.8 Å². The molecule has 0 atom stereocenters. The van der Waals surface area contributed by atoms with Crippen molar-refractivity contribution in [1.29, 1.82) is 0 Å². The van der Waals surface area contributed by atoms with Gasteiger partial charge in [0.2, 0.25) is 0 Å². The lowest BCUT2D eigenvalue weighted by Crippen LogP contribution is -1.97. The minimum atomic E-state index is 0.682. The fraction of sp³-hybridized carbons (Fsp3) is 0.200. The first-order chi connectivity index (χ1) is 9.06. The molecule has 3 aromatic rings. The Hall–Kier alpha value is -1.94. The quantitative estimate of drug-likeness (QED) is 0.677. The van der Waals surface area contributed by atoms with E-state index in [-0.39, 0.29) is 0 Å². The van der Waals surface area contributed by atoms with Crippen molar-refractivity contribution < 1.29 is 0 Å². The average Bonchev–Trinajstić information content (AvgIpc) is 2.65. The molecule has 0 aliphatic carbocycles. The Bertz CT molecular complexity index is 807. The smallest absolute Gasteiger partial charge is 0.184 e. The highest BCUT2D eigenvalue weighted by Crippen LogP contribution is 2.21. The van der Waals surface area contributed by atoms with Crippen molar-refractivity contribution in [3.8, 4) is 5.69 Å². The molecule has 0 aliphatic heterocycles. The first kappa shape index (κ1) is 12.1. The largest absolute Gasteiger partial charge is 0.329 e. The zero-order chi connectivity index (χ0) is 13.6. The van der Waals surface area contributed by atoms with Crippen LogP contribution in [0.3, 0.4) is 0 Å². The van der Waals surface area contributed by atoms with Gasteiger partial charge in [0.1, 0.15) is 0 Å². The predicted octanol–water partition coefficient (Wildman–Crippen LogP) is 4.01. The van der Waals surface area contributed by atoms with Crippen LogP contribution in [0.15, 0.2) is 30.5 Å². The second kappa shape index (κ2) is 4.31. The number of aromatic amines is 1. The molecular formula is C15H15N3S. The monoisotopic (exact) mass is 269 g/mol. The molecule has 96 valence electrons. The predicted molar refractivity (Wildman–Crippen MR) is 80.5 cm³/mol. The summed E-state index contributed by atoms with van der Waals surface area (Å²) in [5, 5.41) is 0. The van der Waals surface area contributed by atoms with E-state index in [1.165, 1.54) is 11.1 Å². The van der Waals surface area contributed by atoms with E-state index < -0.39 is 0 Å². The number of rotatable bonds is 1. The first-order valence-electron chi connectivity index (χ1n) is 6.21. The number of hydrogen-bond donors (Lipinski definition) is 1. The number of benzene rings is 1. The number of imidazole rings is 1. The van der Waals surface area contributed by atoms with Gasteiger partial charge >= 0.3 is 0 Å². The summed E-state index contributed by atoms with van der Waals surface area (Å²) < 4.78 is 2.68. The summed E-state index contributed by atoms with van der Waals surface area (Å²) in [6, 6.07) is 8.39. The standard InChI is InChI=1S/C15H15N3S/c1-9-6-10(2)8-12(7-9)18-14-13(17-15(18)19)11(3)4-5-16-14/h4-8H,1-3H3,(H,17,19). The molecule has 0 amide bonds. The number of pyridine rings is 1. The molecule has 1 N–H and O–H groups in total. The van der Waals surface area contributed by atoms with Crippen molar-refractivity contribution in [2.75, 3.05) is 0 Å². The summed E-state index contributed by atoms with van der Waals surface area (Å²) in [5.74, 6) is 0. The zero-order valence-electron chi connectivity index (χ0n) is 11.2. The molecule has 0 radical (unpaired) electrons. The van der Waals surface area contributed by atoms with Crippen LogP contribution in [-0.4, -0.2) is 14.5 Å². The molecule has 19 heavy (non-hydrogen) atoms. The van der Waals surface area contributed by atoms with Gasteiger partial charge in [-0.15, -0.1) is 0 Å². The lowest BCUT2D eigenvalue weighted by Gasteiger charge is -2.07. The van der Waals surface area contributed by atoms with Gasteiger partial charge in [-0.3, -0.25) is 4.57 Å². The van der Waals surface area contributed by atoms with E-state index in [0.717, 1.165) is 22.4 Å². The maximum atomic E-state index is 5.45. The van der Waals surface area contributed by atoms with Crippen LogP contribution in [0, 0.1) is 25.5 Å². The first-order valence-corrected chi connectivity index (χ1v) is 6.62. The van der Waals surface area contributed by atoms with E-state index in [1.54, 1.807) is 0 Å². The molecule has 0 fully saturated rings. The number of nitrogens with zero attached hydrogens (tertiary/aromatic N) is 2. The van der Waals surface area contributed by atoms with Gasteiger partial charge in [-0.25, -0.2) is 4.98 Å². The Balaban J connectivity index is 2.39. The third-order valence-electron chi connectivity index (χ3n) is 3.25. The number of hydrogen-bond acceptors (Lipinski definition) is 2. The van der Waals surface area contributed by atoms with Crippen molar-refractivity contribution in [3.63, 3.8) is 0 Å². The van der Waals surface area contributed by atoms with E-state index in [4.69, 9.17) is 12.2 Å². The van der Waals surface area contributed by atoms with Gasteiger partial charge in [0.05, 0.1) is 11.2 Å². The molecule has 3 nitrogen and oxygen atoms in total. The highest BCUT2D eigenvalue weighted by molar-refractivity contribution is 7.71. The van der Waals surface area contributed by atoms with Crippen LogP contribution in [0.4, 0.5) is 0 Å². The van der Waals surface area contributed by atoms with Crippen molar-refractivity contribution >= 4 is 23.4 Å². The number of nitrogens with one attached hydrogen (secondary N) is 1. The molecule has 0 saturated carbocycles. The SMILES string of the molecule is Cc1cc(C)cc(-n2c(=S)[nH]c3c(C)ccnc32)c1. The molecule has 0 spiro atoms. The molecular weight excluding hydrogens is 254 g/mol. The minimum Gasteiger partial charge on any atom is -0.329 e. The molecule has 4 heteroatoms. The number of aromatic nitrogens is 3. The summed E-state index contributed by atoms with van der Waals surface area (Å²) in [4.78, 5) is 7.71. The van der Waals surface area contributed by atoms with Crippen molar-refractivity contribution in [1.82, 2.24) is 14.5 Å². The Labute approximate surface area is 116 Å². The zero-order valence-corrected chi connectivity index (χ0v) is 12.0. The molecule has 0 aliphatic rings. The van der Waals surface area contributed by atoms with Crippen LogP contribution >= 0.6 is 12.2 Å². The van der Waals surface area contributed by atoms with Gasteiger partial charge in [-0.2, -0.15) is 0 Å². The van der Waals surface area contributed by atoms with Crippen molar-refractivity contribution in [2.24, 2.45) is 0 Å². The minimum absolute atomic E-state index is 0.682. The third-order valence-corrected chi connectivity index (χ3v) is 3.54. The van der Waals surface area contributed by atoms with Gasteiger partial charge in [-0.05, 0) is 67.9 Å². The van der Waals surface area contributed by atoms with Gasteiger partial charge < -0.3 is 4.98 Å². The Morgan fingerprint density at radius 2 is 1.79 bits per heavy atom. The van der Waals surface area contributed by atoms with E-state index in [2.05, 4.69) is 48.9 Å². The Morgan fingerprint density at radius 1 is 1.11 bits per heavy atom. The van der Waals surface area contributed by atoms with E-state index in [9.17, 15) is 0 Å². The molecule has 0 unspecified atom stereocenters. The van der Waals surface area contributed by atoms with Gasteiger partial charge in [0.25, 0.3) is 0 Å². The summed E-state index contributed by atoms with van der Waals surface area (Å²) in [5.41, 5.74) is 6.55. The van der Waals surface area contributed by atoms with Gasteiger partial charge in [-0.1, -0.05) is 6.07 Å². The summed E-state index contributed by atoms with van der Waals surface area (Å²) in [6.45, 7) is 6.24. The van der Waals surface area contributed by atoms with Gasteiger partial charge in [0, 0.05) is 6.20 Å². The van der Waals surface area contributed by atoms with Crippen molar-refractivity contribution in [3.05, 3.63) is 51.9 Å². The average molecular weight is 269 g/mol. The van der Waals surface area contributed by atoms with Crippen LogP contribution in [0.2, 0.25) is 0 Å². The Morgan fingerprint density at radius 3 is 2.47 bits per heavy atom. The molecule has 1 aromatic carbocycles. The molecule has 2 aromatic heterocycles. The van der Waals surface area contributed by atoms with E-state index in [0.29, 0.717) is 4.77 Å². The highest BCUT2D eigenvalue weighted by Gasteiger charge is 2.09. The third kappa shape index (κ3) is 1.98. The fourth-order valence-electron chi connectivity index (χ4n) is 2.45. The lowest BCUT2D eigenvalue weighted by molar-refractivity contribution is 1.04. The summed E-state index contributed by atoms with van der Waals surface area (Å²) in [6.07, 6.45) is 1.82. The van der Waals surface area contributed by atoms with Gasteiger partial charge in [0.15, 0.2) is 10.4 Å². The number of aryl methyl sites for hydroxylation is 3. The molecule has 2 heterocycles. The Kier molecular flexibility index (Phi) is 2.75. The van der Waals surface area contributed by atoms with Crippen LogP contribution in [0.25, 0.3) is 16.9 Å². The molecule has 0 bridgehead atoms. The fourth-order valence-corrected chi connectivity index (χ4v) is 2.74. The maximum Gasteiger partial charge on any atom is 0.184 e. The summed E-state index contributed by atoms with van der Waals surface area (Å²) in [7, 11) is 0.